The lowest BCUT2D eigenvalue weighted by molar-refractivity contribution is -0.117. The lowest BCUT2D eigenvalue weighted by Gasteiger charge is -2.14. The second kappa shape index (κ2) is 5.95. The van der Waals surface area contributed by atoms with Gasteiger partial charge in [-0.2, -0.15) is 0 Å². The molecule has 0 radical (unpaired) electrons. The van der Waals surface area contributed by atoms with Gasteiger partial charge in [0.05, 0.1) is 5.69 Å². The van der Waals surface area contributed by atoms with Crippen LogP contribution in [-0.2, 0) is 9.59 Å². The third kappa shape index (κ3) is 3.02. The highest BCUT2D eigenvalue weighted by Gasteiger charge is 2.34. The number of benzene rings is 2. The van der Waals surface area contributed by atoms with E-state index in [1.165, 1.54) is 24.3 Å². The van der Waals surface area contributed by atoms with Crippen molar-refractivity contribution < 1.29 is 14.7 Å². The van der Waals surface area contributed by atoms with E-state index in [0.29, 0.717) is 15.7 Å². The van der Waals surface area contributed by atoms with Crippen molar-refractivity contribution in [2.45, 2.75) is 0 Å². The van der Waals surface area contributed by atoms with E-state index in [2.05, 4.69) is 5.43 Å². The Kier molecular flexibility index (Phi) is 3.98. The Morgan fingerprint density at radius 1 is 1.04 bits per heavy atom. The molecule has 2 aromatic rings. The topological polar surface area (TPSA) is 69.6 Å². The number of hydrogen-bond acceptors (Lipinski definition) is 3. The van der Waals surface area contributed by atoms with Crippen molar-refractivity contribution in [2.24, 2.45) is 0 Å². The molecule has 116 valence electrons. The monoisotopic (exact) mass is 348 g/mol. The summed E-state index contributed by atoms with van der Waals surface area (Å²) in [5, 5.41) is 11.7. The van der Waals surface area contributed by atoms with E-state index in [-0.39, 0.29) is 16.9 Å². The molecule has 0 aliphatic carbocycles. The molecule has 1 fully saturated rings. The maximum absolute atomic E-state index is 12.4. The molecule has 1 heterocycles. The summed E-state index contributed by atoms with van der Waals surface area (Å²) in [6.45, 7) is 0. The molecule has 2 amide bonds. The molecular weight excluding hydrogens is 339 g/mol. The fourth-order valence-corrected chi connectivity index (χ4v) is 2.52. The van der Waals surface area contributed by atoms with Gasteiger partial charge in [-0.15, -0.1) is 0 Å². The lowest BCUT2D eigenvalue weighted by Crippen LogP contribution is -2.35. The van der Waals surface area contributed by atoms with Crippen LogP contribution in [0.5, 0.6) is 5.75 Å². The first-order chi connectivity index (χ1) is 11.0. The highest BCUT2D eigenvalue weighted by Crippen LogP contribution is 2.27. The molecule has 0 aromatic heterocycles. The Hall–Kier alpha value is -2.50. The summed E-state index contributed by atoms with van der Waals surface area (Å²) in [6.07, 6.45) is 1.30. The first kappa shape index (κ1) is 15.4. The van der Waals surface area contributed by atoms with Crippen molar-refractivity contribution in [3.63, 3.8) is 0 Å². The fourth-order valence-electron chi connectivity index (χ4n) is 2.15. The molecular formula is C16H10Cl2N2O3. The molecule has 2 N–H and O–H groups in total. The van der Waals surface area contributed by atoms with Crippen LogP contribution in [0.3, 0.4) is 0 Å². The zero-order valence-corrected chi connectivity index (χ0v) is 13.1. The Balaban J connectivity index is 1.99. The number of rotatable bonds is 2. The Morgan fingerprint density at radius 3 is 2.52 bits per heavy atom. The van der Waals surface area contributed by atoms with Crippen LogP contribution in [0.25, 0.3) is 6.08 Å². The number of amides is 2. The van der Waals surface area contributed by atoms with Gasteiger partial charge >= 0.3 is 0 Å². The summed E-state index contributed by atoms with van der Waals surface area (Å²) < 4.78 is 0. The van der Waals surface area contributed by atoms with Crippen LogP contribution in [0.2, 0.25) is 10.0 Å². The first-order valence-electron chi connectivity index (χ1n) is 6.57. The summed E-state index contributed by atoms with van der Waals surface area (Å²) >= 11 is 11.8. The number of carbonyl (C=O) groups excluding carboxylic acids is 2. The molecule has 23 heavy (non-hydrogen) atoms. The van der Waals surface area contributed by atoms with E-state index in [1.807, 2.05) is 0 Å². The second-order valence-electron chi connectivity index (χ2n) is 4.82. The first-order valence-corrected chi connectivity index (χ1v) is 7.32. The van der Waals surface area contributed by atoms with E-state index in [0.717, 1.165) is 5.01 Å². The van der Waals surface area contributed by atoms with E-state index in [1.54, 1.807) is 24.3 Å². The average Bonchev–Trinajstić information content (AvgIpc) is 2.79. The van der Waals surface area contributed by atoms with Crippen LogP contribution in [0, 0.1) is 0 Å². The quantitative estimate of drug-likeness (QED) is 0.646. The van der Waals surface area contributed by atoms with Crippen LogP contribution in [0.1, 0.15) is 5.56 Å². The van der Waals surface area contributed by atoms with E-state index >= 15 is 0 Å². The van der Waals surface area contributed by atoms with Gasteiger partial charge in [-0.3, -0.25) is 15.0 Å². The van der Waals surface area contributed by atoms with Gasteiger partial charge in [0, 0.05) is 15.6 Å². The van der Waals surface area contributed by atoms with E-state index < -0.39 is 11.8 Å². The standard InChI is InChI=1S/C16H10Cl2N2O3/c17-10-2-1-3-12(8-10)20-16(23)13(15(22)19-20)7-9-6-11(18)4-5-14(9)21/h1-8,21H,(H,19,22)/b13-7+. The summed E-state index contributed by atoms with van der Waals surface area (Å²) in [5.41, 5.74) is 3.07. The predicted molar refractivity (Wildman–Crippen MR) is 88.2 cm³/mol. The van der Waals surface area contributed by atoms with Crippen LogP contribution >= 0.6 is 23.2 Å². The fraction of sp³-hybridized carbons (Fsp3) is 0. The van der Waals surface area contributed by atoms with Crippen LogP contribution in [0.15, 0.2) is 48.0 Å². The number of anilines is 1. The summed E-state index contributed by atoms with van der Waals surface area (Å²) in [4.78, 5) is 24.5. The number of hydrazine groups is 1. The number of hydrogen-bond donors (Lipinski definition) is 2. The minimum absolute atomic E-state index is 0.0799. The maximum Gasteiger partial charge on any atom is 0.282 e. The van der Waals surface area contributed by atoms with Crippen molar-refractivity contribution in [3.8, 4) is 5.75 Å². The van der Waals surface area contributed by atoms with Gasteiger partial charge in [-0.1, -0.05) is 29.3 Å². The van der Waals surface area contributed by atoms with Gasteiger partial charge in [-0.05, 0) is 42.5 Å². The second-order valence-corrected chi connectivity index (χ2v) is 5.70. The van der Waals surface area contributed by atoms with Gasteiger partial charge in [0.25, 0.3) is 11.8 Å². The molecule has 3 rings (SSSR count). The highest BCUT2D eigenvalue weighted by atomic mass is 35.5. The van der Waals surface area contributed by atoms with Crippen LogP contribution < -0.4 is 10.4 Å². The number of aromatic hydroxyl groups is 1. The minimum Gasteiger partial charge on any atom is -0.507 e. The Labute approximate surface area is 141 Å². The van der Waals surface area contributed by atoms with Crippen molar-refractivity contribution in [1.82, 2.24) is 5.43 Å². The molecule has 0 unspecified atom stereocenters. The van der Waals surface area contributed by atoms with Gasteiger partial charge in [0.15, 0.2) is 0 Å². The predicted octanol–water partition coefficient (Wildman–Crippen LogP) is 3.16. The van der Waals surface area contributed by atoms with Gasteiger partial charge in [-0.25, -0.2) is 5.01 Å². The van der Waals surface area contributed by atoms with Crippen molar-refractivity contribution in [1.29, 1.82) is 0 Å². The minimum atomic E-state index is -0.575. The van der Waals surface area contributed by atoms with Crippen molar-refractivity contribution >= 4 is 46.8 Å². The number of phenols is 1. The normalized spacial score (nSPS) is 16.1. The molecule has 0 saturated carbocycles. The van der Waals surface area contributed by atoms with Crippen LogP contribution in [-0.4, -0.2) is 16.9 Å². The number of nitrogens with zero attached hydrogens (tertiary/aromatic N) is 1. The lowest BCUT2D eigenvalue weighted by atomic mass is 10.1. The number of nitrogens with one attached hydrogen (secondary N) is 1. The molecule has 2 aromatic carbocycles. The van der Waals surface area contributed by atoms with Gasteiger partial charge < -0.3 is 5.11 Å². The third-order valence-corrected chi connectivity index (χ3v) is 3.72. The molecule has 5 nitrogen and oxygen atoms in total. The number of halogens is 2. The smallest absolute Gasteiger partial charge is 0.282 e. The molecule has 7 heteroatoms. The average molecular weight is 349 g/mol. The molecule has 1 aliphatic rings. The molecule has 1 aliphatic heterocycles. The maximum atomic E-state index is 12.4. The summed E-state index contributed by atoms with van der Waals surface area (Å²) in [7, 11) is 0. The zero-order chi connectivity index (χ0) is 16.6. The van der Waals surface area contributed by atoms with E-state index in [9.17, 15) is 14.7 Å². The largest absolute Gasteiger partial charge is 0.507 e. The Bertz CT molecular complexity index is 849. The molecule has 0 atom stereocenters. The van der Waals surface area contributed by atoms with Crippen molar-refractivity contribution in [2.75, 3.05) is 5.01 Å². The van der Waals surface area contributed by atoms with E-state index in [4.69, 9.17) is 23.2 Å². The summed E-state index contributed by atoms with van der Waals surface area (Å²) in [6, 6.07) is 10.9. The molecule has 0 bridgehead atoms. The van der Waals surface area contributed by atoms with Crippen molar-refractivity contribution in [3.05, 3.63) is 63.6 Å². The summed E-state index contributed by atoms with van der Waals surface area (Å²) in [5.74, 6) is -1.20. The molecule has 0 spiro atoms. The highest BCUT2D eigenvalue weighted by molar-refractivity contribution is 6.33. The third-order valence-electron chi connectivity index (χ3n) is 3.25. The van der Waals surface area contributed by atoms with Crippen LogP contribution in [0.4, 0.5) is 5.69 Å². The molecule has 1 saturated heterocycles. The van der Waals surface area contributed by atoms with Gasteiger partial charge in [0.1, 0.15) is 11.3 Å². The Morgan fingerprint density at radius 2 is 1.78 bits per heavy atom. The SMILES string of the molecule is O=C1NN(c2cccc(Cl)c2)C(=O)/C1=C/c1cc(Cl)ccc1O. The van der Waals surface area contributed by atoms with Gasteiger partial charge in [0.2, 0.25) is 0 Å². The number of phenolic OH excluding ortho intramolecular Hbond substituents is 1. The number of carbonyl (C=O) groups is 2. The zero-order valence-electron chi connectivity index (χ0n) is 11.6.